The van der Waals surface area contributed by atoms with E-state index < -0.39 is 38.6 Å². The van der Waals surface area contributed by atoms with Gasteiger partial charge in [-0.15, -0.1) is 0 Å². The largest absolute Gasteiger partial charge is 0.507 e. The van der Waals surface area contributed by atoms with E-state index in [4.69, 9.17) is 4.74 Å². The zero-order valence-corrected chi connectivity index (χ0v) is 20.2. The Morgan fingerprint density at radius 1 is 1.14 bits per heavy atom. The van der Waals surface area contributed by atoms with Crippen molar-refractivity contribution in [1.82, 2.24) is 15.1 Å². The van der Waals surface area contributed by atoms with Crippen LogP contribution in [0.4, 0.5) is 0 Å². The van der Waals surface area contributed by atoms with Gasteiger partial charge in [-0.3, -0.25) is 14.5 Å². The Morgan fingerprint density at radius 2 is 1.86 bits per heavy atom. The van der Waals surface area contributed by atoms with E-state index in [0.717, 1.165) is 19.4 Å². The standard InChI is InChI=1S/C24H30N4O6S/c25-15-24(8-9-24)26-22(30)19-13-17(35(32,33)21-4-2-1-3-20(21)29)14-28(19)23(31)18-5-10-27(18)16-6-11-34-12-7-16/h1-4,16-19,29H,5-14H2,(H,26,30)/t17-,18?,19+/m1/s1. The molecule has 0 spiro atoms. The van der Waals surface area contributed by atoms with Crippen LogP contribution in [0, 0.1) is 11.3 Å². The highest BCUT2D eigenvalue weighted by molar-refractivity contribution is 7.92. The van der Waals surface area contributed by atoms with Gasteiger partial charge in [0.2, 0.25) is 11.8 Å². The molecular formula is C24H30N4O6S. The molecular weight excluding hydrogens is 472 g/mol. The summed E-state index contributed by atoms with van der Waals surface area (Å²) < 4.78 is 32.2. The highest BCUT2D eigenvalue weighted by atomic mass is 32.2. The van der Waals surface area contributed by atoms with E-state index in [2.05, 4.69) is 16.3 Å². The van der Waals surface area contributed by atoms with Crippen LogP contribution in [0.15, 0.2) is 29.2 Å². The van der Waals surface area contributed by atoms with Crippen molar-refractivity contribution in [3.8, 4) is 11.8 Å². The van der Waals surface area contributed by atoms with Crippen molar-refractivity contribution in [2.24, 2.45) is 0 Å². The summed E-state index contributed by atoms with van der Waals surface area (Å²) in [5.41, 5.74) is -0.926. The normalized spacial score (nSPS) is 28.7. The number of hydrogen-bond donors (Lipinski definition) is 2. The number of aromatic hydroxyl groups is 1. The van der Waals surface area contributed by atoms with E-state index in [1.165, 1.54) is 29.2 Å². The van der Waals surface area contributed by atoms with E-state index in [0.29, 0.717) is 32.5 Å². The lowest BCUT2D eigenvalue weighted by Crippen LogP contribution is -2.62. The number of nitrogens with one attached hydrogen (secondary N) is 1. The minimum atomic E-state index is -4.00. The van der Waals surface area contributed by atoms with Crippen LogP contribution in [-0.2, 0) is 24.2 Å². The number of rotatable bonds is 6. The number of carbonyl (C=O) groups is 2. The van der Waals surface area contributed by atoms with Crippen LogP contribution in [0.2, 0.25) is 0 Å². The average Bonchev–Trinajstić information content (AvgIpc) is 3.44. The van der Waals surface area contributed by atoms with Crippen molar-refractivity contribution >= 4 is 21.7 Å². The fraction of sp³-hybridized carbons (Fsp3) is 0.625. The summed E-state index contributed by atoms with van der Waals surface area (Å²) in [6, 6.07) is 6.66. The second kappa shape index (κ2) is 9.08. The van der Waals surface area contributed by atoms with Gasteiger partial charge in [-0.25, -0.2) is 8.42 Å². The Balaban J connectivity index is 1.39. The molecule has 3 atom stereocenters. The molecule has 2 amide bonds. The van der Waals surface area contributed by atoms with Crippen molar-refractivity contribution in [3.05, 3.63) is 24.3 Å². The third-order valence-electron chi connectivity index (χ3n) is 7.79. The molecule has 1 aromatic rings. The molecule has 188 valence electrons. The number of ether oxygens (including phenoxy) is 1. The highest BCUT2D eigenvalue weighted by Gasteiger charge is 2.52. The molecule has 35 heavy (non-hydrogen) atoms. The van der Waals surface area contributed by atoms with E-state index in [-0.39, 0.29) is 35.6 Å². The summed E-state index contributed by atoms with van der Waals surface area (Å²) in [6.45, 7) is 1.94. The maximum atomic E-state index is 13.7. The van der Waals surface area contributed by atoms with E-state index >= 15 is 0 Å². The predicted molar refractivity (Wildman–Crippen MR) is 124 cm³/mol. The number of sulfone groups is 1. The second-order valence-electron chi connectivity index (χ2n) is 9.95. The van der Waals surface area contributed by atoms with Crippen LogP contribution in [0.25, 0.3) is 0 Å². The number of nitrogens with zero attached hydrogens (tertiary/aromatic N) is 3. The number of nitriles is 1. The number of amides is 2. The van der Waals surface area contributed by atoms with Gasteiger partial charge in [-0.1, -0.05) is 12.1 Å². The van der Waals surface area contributed by atoms with Crippen molar-refractivity contribution in [3.63, 3.8) is 0 Å². The molecule has 3 saturated heterocycles. The zero-order valence-electron chi connectivity index (χ0n) is 19.4. The maximum absolute atomic E-state index is 13.7. The molecule has 0 radical (unpaired) electrons. The molecule has 3 heterocycles. The summed E-state index contributed by atoms with van der Waals surface area (Å²) in [5.74, 6) is -1.10. The number of phenolic OH excluding ortho intramolecular Hbond substituents is 1. The van der Waals surface area contributed by atoms with Gasteiger partial charge in [0.1, 0.15) is 22.2 Å². The number of likely N-dealkylation sites (tertiary alicyclic amines) is 2. The van der Waals surface area contributed by atoms with Crippen LogP contribution >= 0.6 is 0 Å². The van der Waals surface area contributed by atoms with Crippen LogP contribution < -0.4 is 5.32 Å². The van der Waals surface area contributed by atoms with Crippen LogP contribution in [0.3, 0.4) is 0 Å². The number of phenols is 1. The van der Waals surface area contributed by atoms with Gasteiger partial charge in [0.05, 0.1) is 17.4 Å². The minimum absolute atomic E-state index is 0.0836. The molecule has 4 fully saturated rings. The molecule has 1 aromatic carbocycles. The molecule has 2 N–H and O–H groups in total. The Bertz CT molecular complexity index is 1150. The SMILES string of the molecule is N#CC1(NC(=O)[C@@H]2C[C@@H](S(=O)(=O)c3ccccc3O)CN2C(=O)C2CCN2C2CCOCC2)CC1. The first-order valence-corrected chi connectivity index (χ1v) is 13.7. The lowest BCUT2D eigenvalue weighted by molar-refractivity contribution is -0.149. The quantitative estimate of drug-likeness (QED) is 0.575. The summed E-state index contributed by atoms with van der Waals surface area (Å²) >= 11 is 0. The average molecular weight is 503 g/mol. The molecule has 1 unspecified atom stereocenters. The van der Waals surface area contributed by atoms with Gasteiger partial charge in [0, 0.05) is 32.3 Å². The Labute approximate surface area is 204 Å². The van der Waals surface area contributed by atoms with Crippen LogP contribution in [0.1, 0.15) is 38.5 Å². The minimum Gasteiger partial charge on any atom is -0.507 e. The molecule has 11 heteroatoms. The summed E-state index contributed by atoms with van der Waals surface area (Å²) in [5, 5.41) is 21.3. The molecule has 0 bridgehead atoms. The topological polar surface area (TPSA) is 140 Å². The third-order valence-corrected chi connectivity index (χ3v) is 9.97. The molecule has 5 rings (SSSR count). The van der Waals surface area contributed by atoms with Gasteiger partial charge < -0.3 is 20.1 Å². The molecule has 0 aromatic heterocycles. The maximum Gasteiger partial charge on any atom is 0.244 e. The lowest BCUT2D eigenvalue weighted by Gasteiger charge is -2.47. The monoisotopic (exact) mass is 502 g/mol. The lowest BCUT2D eigenvalue weighted by atomic mass is 9.94. The van der Waals surface area contributed by atoms with E-state index in [1.54, 1.807) is 0 Å². The van der Waals surface area contributed by atoms with Crippen molar-refractivity contribution < 1.29 is 27.9 Å². The van der Waals surface area contributed by atoms with Crippen LogP contribution in [-0.4, -0.2) is 90.4 Å². The van der Waals surface area contributed by atoms with E-state index in [1.807, 2.05) is 0 Å². The number of carbonyl (C=O) groups excluding carboxylic acids is 2. The van der Waals surface area contributed by atoms with E-state index in [9.17, 15) is 28.4 Å². The molecule has 4 aliphatic rings. The molecule has 10 nitrogen and oxygen atoms in total. The van der Waals surface area contributed by atoms with Gasteiger partial charge in [-0.2, -0.15) is 5.26 Å². The fourth-order valence-corrected chi connectivity index (χ4v) is 7.20. The Kier molecular flexibility index (Phi) is 6.23. The van der Waals surface area contributed by atoms with Gasteiger partial charge >= 0.3 is 0 Å². The first kappa shape index (κ1) is 24.0. The van der Waals surface area contributed by atoms with Gasteiger partial charge in [0.15, 0.2) is 9.84 Å². The highest BCUT2D eigenvalue weighted by Crippen LogP contribution is 2.37. The van der Waals surface area contributed by atoms with Crippen molar-refractivity contribution in [2.45, 2.75) is 72.3 Å². The van der Waals surface area contributed by atoms with Crippen LogP contribution in [0.5, 0.6) is 5.75 Å². The summed E-state index contributed by atoms with van der Waals surface area (Å²) in [7, 11) is -4.00. The Morgan fingerprint density at radius 3 is 2.46 bits per heavy atom. The summed E-state index contributed by atoms with van der Waals surface area (Å²) in [6.07, 6.45) is 3.32. The first-order valence-electron chi connectivity index (χ1n) is 12.1. The van der Waals surface area contributed by atoms with Gasteiger partial charge in [-0.05, 0) is 50.7 Å². The fourth-order valence-electron chi connectivity index (χ4n) is 5.42. The van der Waals surface area contributed by atoms with Crippen molar-refractivity contribution in [2.75, 3.05) is 26.3 Å². The molecule has 1 saturated carbocycles. The third kappa shape index (κ3) is 4.39. The molecule has 1 aliphatic carbocycles. The van der Waals surface area contributed by atoms with Crippen molar-refractivity contribution in [1.29, 1.82) is 5.26 Å². The first-order chi connectivity index (χ1) is 16.8. The molecule has 3 aliphatic heterocycles. The van der Waals surface area contributed by atoms with Gasteiger partial charge in [0.25, 0.3) is 0 Å². The Hall–Kier alpha value is -2.68. The number of hydrogen-bond acceptors (Lipinski definition) is 8. The smallest absolute Gasteiger partial charge is 0.244 e. The second-order valence-corrected chi connectivity index (χ2v) is 12.1. The zero-order chi connectivity index (χ0) is 24.8. The number of benzene rings is 1. The predicted octanol–water partition coefficient (Wildman–Crippen LogP) is 0.561. The number of para-hydroxylation sites is 1. The summed E-state index contributed by atoms with van der Waals surface area (Å²) in [4.78, 5) is 30.2.